The fraction of sp³-hybridized carbons (Fsp3) is 0.500. The summed E-state index contributed by atoms with van der Waals surface area (Å²) in [7, 11) is 0. The third-order valence-corrected chi connectivity index (χ3v) is 2.69. The van der Waals surface area contributed by atoms with Crippen LogP contribution in [0.3, 0.4) is 0 Å². The Bertz CT molecular complexity index is 334. The van der Waals surface area contributed by atoms with Crippen molar-refractivity contribution in [3.63, 3.8) is 0 Å². The average Bonchev–Trinajstić information content (AvgIpc) is 2.31. The van der Waals surface area contributed by atoms with Crippen LogP contribution in [0.1, 0.15) is 25.7 Å². The van der Waals surface area contributed by atoms with Crippen molar-refractivity contribution in [1.29, 1.82) is 0 Å². The third-order valence-electron chi connectivity index (χ3n) is 2.69. The van der Waals surface area contributed by atoms with Crippen molar-refractivity contribution in [2.24, 2.45) is 11.5 Å². The van der Waals surface area contributed by atoms with E-state index in [4.69, 9.17) is 20.9 Å². The first-order valence-electron chi connectivity index (χ1n) is 5.71. The normalized spacial score (nSPS) is 22.9. The van der Waals surface area contributed by atoms with E-state index in [0.717, 1.165) is 0 Å². The van der Waals surface area contributed by atoms with Crippen LogP contribution in [-0.2, 0) is 19.1 Å². The minimum absolute atomic E-state index is 0.108. The lowest BCUT2D eigenvalue weighted by Crippen LogP contribution is -2.31. The van der Waals surface area contributed by atoms with Crippen LogP contribution in [0.25, 0.3) is 0 Å². The molecule has 0 aliphatic heterocycles. The maximum absolute atomic E-state index is 11.2. The minimum Gasteiger partial charge on any atom is -0.458 e. The van der Waals surface area contributed by atoms with Crippen molar-refractivity contribution in [1.82, 2.24) is 0 Å². The lowest BCUT2D eigenvalue weighted by atomic mass is 9.95. The first-order valence-corrected chi connectivity index (χ1v) is 5.71. The molecule has 0 amide bonds. The van der Waals surface area contributed by atoms with Gasteiger partial charge in [-0.25, -0.2) is 9.59 Å². The number of rotatable bonds is 4. The number of esters is 2. The Morgan fingerprint density at radius 1 is 0.833 bits per heavy atom. The second-order valence-electron chi connectivity index (χ2n) is 4.26. The van der Waals surface area contributed by atoms with Gasteiger partial charge in [-0.05, 0) is 25.7 Å². The first-order chi connectivity index (χ1) is 8.40. The molecule has 0 heterocycles. The van der Waals surface area contributed by atoms with E-state index >= 15 is 0 Å². The van der Waals surface area contributed by atoms with Gasteiger partial charge in [-0.15, -0.1) is 0 Å². The lowest BCUT2D eigenvalue weighted by Gasteiger charge is -2.28. The van der Waals surface area contributed by atoms with Gasteiger partial charge in [-0.1, -0.05) is 13.2 Å². The van der Waals surface area contributed by atoms with Crippen molar-refractivity contribution in [2.45, 2.75) is 37.9 Å². The number of hydrogen-bond acceptors (Lipinski definition) is 6. The predicted octanol–water partition coefficient (Wildman–Crippen LogP) is 0.329. The van der Waals surface area contributed by atoms with Crippen molar-refractivity contribution in [2.75, 3.05) is 0 Å². The van der Waals surface area contributed by atoms with Crippen LogP contribution < -0.4 is 11.5 Å². The maximum Gasteiger partial charge on any atom is 0.353 e. The molecule has 0 aromatic carbocycles. The van der Waals surface area contributed by atoms with Gasteiger partial charge in [0.2, 0.25) is 0 Å². The van der Waals surface area contributed by atoms with E-state index < -0.39 is 11.9 Å². The van der Waals surface area contributed by atoms with Crippen LogP contribution >= 0.6 is 0 Å². The molecule has 1 saturated carbocycles. The van der Waals surface area contributed by atoms with E-state index in [1.165, 1.54) is 0 Å². The molecule has 0 bridgehead atoms. The fourth-order valence-electron chi connectivity index (χ4n) is 1.72. The van der Waals surface area contributed by atoms with Crippen molar-refractivity contribution in [3.05, 3.63) is 24.6 Å². The van der Waals surface area contributed by atoms with E-state index in [0.29, 0.717) is 25.7 Å². The molecule has 0 radical (unpaired) electrons. The van der Waals surface area contributed by atoms with E-state index in [1.54, 1.807) is 0 Å². The van der Waals surface area contributed by atoms with Crippen LogP contribution in [0.5, 0.6) is 0 Å². The summed E-state index contributed by atoms with van der Waals surface area (Å²) >= 11 is 0. The molecule has 18 heavy (non-hydrogen) atoms. The lowest BCUT2D eigenvalue weighted by molar-refractivity contribution is -0.153. The van der Waals surface area contributed by atoms with Gasteiger partial charge in [-0.2, -0.15) is 0 Å². The van der Waals surface area contributed by atoms with Crippen molar-refractivity contribution >= 4 is 11.9 Å². The van der Waals surface area contributed by atoms with Gasteiger partial charge in [0, 0.05) is 0 Å². The Morgan fingerprint density at radius 2 is 1.11 bits per heavy atom. The highest BCUT2D eigenvalue weighted by atomic mass is 16.6. The van der Waals surface area contributed by atoms with E-state index in [-0.39, 0.29) is 23.6 Å². The summed E-state index contributed by atoms with van der Waals surface area (Å²) in [4.78, 5) is 22.4. The van der Waals surface area contributed by atoms with Gasteiger partial charge in [0.15, 0.2) is 0 Å². The van der Waals surface area contributed by atoms with Crippen LogP contribution in [0.4, 0.5) is 0 Å². The summed E-state index contributed by atoms with van der Waals surface area (Å²) < 4.78 is 10.2. The highest BCUT2D eigenvalue weighted by molar-refractivity contribution is 5.87. The molecule has 100 valence electrons. The molecule has 0 aromatic rings. The Hall–Kier alpha value is -1.98. The zero-order valence-corrected chi connectivity index (χ0v) is 10.2. The Kier molecular flexibility index (Phi) is 4.76. The summed E-state index contributed by atoms with van der Waals surface area (Å²) in [5, 5.41) is 0. The Morgan fingerprint density at radius 3 is 1.33 bits per heavy atom. The fourth-order valence-corrected chi connectivity index (χ4v) is 1.72. The number of carbonyl (C=O) groups is 2. The second-order valence-corrected chi connectivity index (χ2v) is 4.26. The molecule has 6 heteroatoms. The number of hydrogen-bond donors (Lipinski definition) is 2. The van der Waals surface area contributed by atoms with E-state index in [2.05, 4.69) is 13.2 Å². The zero-order chi connectivity index (χ0) is 13.7. The summed E-state index contributed by atoms with van der Waals surface area (Å²) in [6.07, 6.45) is 2.08. The summed E-state index contributed by atoms with van der Waals surface area (Å²) in [6.45, 7) is 6.61. The minimum atomic E-state index is -0.592. The standard InChI is InChI=1S/C12H18N2O4/c1-7(13)11(15)17-9-3-5-10(6-4-9)18-12(16)8(2)14/h9-10H,1-6,13-14H2. The summed E-state index contributed by atoms with van der Waals surface area (Å²) in [5.74, 6) is -1.18. The van der Waals surface area contributed by atoms with Gasteiger partial charge in [-0.3, -0.25) is 0 Å². The predicted molar refractivity (Wildman–Crippen MR) is 64.9 cm³/mol. The topological polar surface area (TPSA) is 105 Å². The molecule has 4 N–H and O–H groups in total. The van der Waals surface area contributed by atoms with Crippen LogP contribution in [-0.4, -0.2) is 24.1 Å². The van der Waals surface area contributed by atoms with Crippen molar-refractivity contribution in [3.8, 4) is 0 Å². The quantitative estimate of drug-likeness (QED) is 0.553. The summed E-state index contributed by atoms with van der Waals surface area (Å²) in [5.41, 5.74) is 10.2. The number of nitrogens with two attached hydrogens (primary N) is 2. The third kappa shape index (κ3) is 4.12. The van der Waals surface area contributed by atoms with Gasteiger partial charge < -0.3 is 20.9 Å². The molecule has 1 aliphatic carbocycles. The smallest absolute Gasteiger partial charge is 0.353 e. The molecule has 1 aliphatic rings. The number of carbonyl (C=O) groups excluding carboxylic acids is 2. The zero-order valence-electron chi connectivity index (χ0n) is 10.2. The summed E-state index contributed by atoms with van der Waals surface area (Å²) in [6, 6.07) is 0. The van der Waals surface area contributed by atoms with Gasteiger partial charge in [0.25, 0.3) is 0 Å². The molecule has 0 aromatic heterocycles. The average molecular weight is 254 g/mol. The molecule has 0 atom stereocenters. The Labute approximate surface area is 106 Å². The molecule has 6 nitrogen and oxygen atoms in total. The van der Waals surface area contributed by atoms with E-state index in [9.17, 15) is 9.59 Å². The molecule has 1 rings (SSSR count). The SMILES string of the molecule is C=C(N)C(=O)OC1CCC(OC(=O)C(=C)N)CC1. The van der Waals surface area contributed by atoms with Gasteiger partial charge in [0.1, 0.15) is 23.6 Å². The molecule has 1 fully saturated rings. The van der Waals surface area contributed by atoms with Gasteiger partial charge in [0.05, 0.1) is 0 Å². The highest BCUT2D eigenvalue weighted by Gasteiger charge is 2.26. The molecule has 0 unspecified atom stereocenters. The van der Waals surface area contributed by atoms with Crippen LogP contribution in [0.15, 0.2) is 24.6 Å². The van der Waals surface area contributed by atoms with Crippen molar-refractivity contribution < 1.29 is 19.1 Å². The molecule has 0 saturated heterocycles. The van der Waals surface area contributed by atoms with Gasteiger partial charge >= 0.3 is 11.9 Å². The van der Waals surface area contributed by atoms with E-state index in [1.807, 2.05) is 0 Å². The Balaban J connectivity index is 2.33. The molecular weight excluding hydrogens is 236 g/mol. The molecule has 0 spiro atoms. The second kappa shape index (κ2) is 6.09. The largest absolute Gasteiger partial charge is 0.458 e. The highest BCUT2D eigenvalue weighted by Crippen LogP contribution is 2.24. The van der Waals surface area contributed by atoms with Crippen LogP contribution in [0.2, 0.25) is 0 Å². The maximum atomic E-state index is 11.2. The number of ether oxygens (including phenoxy) is 2. The van der Waals surface area contributed by atoms with Crippen LogP contribution in [0, 0.1) is 0 Å². The monoisotopic (exact) mass is 254 g/mol. The molecular formula is C12H18N2O4. The first kappa shape index (κ1) is 14.1.